The molecule has 0 radical (unpaired) electrons. The van der Waals surface area contributed by atoms with Gasteiger partial charge in [-0.1, -0.05) is 24.0 Å². The molecule has 0 aromatic carbocycles. The highest BCUT2D eigenvalue weighted by molar-refractivity contribution is 8.22. The van der Waals surface area contributed by atoms with Crippen LogP contribution in [0.25, 0.3) is 0 Å². The minimum atomic E-state index is -1.38. The summed E-state index contributed by atoms with van der Waals surface area (Å²) in [5.41, 5.74) is 0. The number of nitrogens with zero attached hydrogens (tertiary/aromatic N) is 1. The third-order valence-electron chi connectivity index (χ3n) is 1.89. The molecular weight excluding hydrogens is 250 g/mol. The molecule has 0 rings (SSSR count). The molecule has 0 amide bonds. The molecule has 0 aromatic heterocycles. The number of rotatable bonds is 6. The fourth-order valence-electron chi connectivity index (χ4n) is 1.00. The molecule has 0 fully saturated rings. The minimum Gasteiger partial charge on any atom is -0.450 e. The van der Waals surface area contributed by atoms with Crippen molar-refractivity contribution in [2.75, 3.05) is 25.4 Å². The van der Waals surface area contributed by atoms with Crippen LogP contribution in [0.3, 0.4) is 0 Å². The van der Waals surface area contributed by atoms with Gasteiger partial charge in [-0.25, -0.2) is 4.79 Å². The molecule has 7 heteroatoms. The molecule has 0 saturated heterocycles. The van der Waals surface area contributed by atoms with Crippen molar-refractivity contribution in [2.45, 2.75) is 20.0 Å². The molecule has 16 heavy (non-hydrogen) atoms. The van der Waals surface area contributed by atoms with Gasteiger partial charge in [-0.2, -0.15) is 0 Å². The summed E-state index contributed by atoms with van der Waals surface area (Å²) in [4.78, 5) is 12.3. The van der Waals surface area contributed by atoms with Crippen LogP contribution < -0.4 is 0 Å². The van der Waals surface area contributed by atoms with E-state index in [1.54, 1.807) is 0 Å². The van der Waals surface area contributed by atoms with Crippen LogP contribution in [0.2, 0.25) is 0 Å². The Labute approximate surface area is 105 Å². The lowest BCUT2D eigenvalue weighted by Crippen LogP contribution is -2.29. The quantitative estimate of drug-likeness (QED) is 0.557. The van der Waals surface area contributed by atoms with Crippen molar-refractivity contribution < 1.29 is 19.7 Å². The van der Waals surface area contributed by atoms with Gasteiger partial charge in [0.25, 0.3) is 0 Å². The Morgan fingerprint density at radius 3 is 2.44 bits per heavy atom. The van der Waals surface area contributed by atoms with Crippen LogP contribution in [0.5, 0.6) is 0 Å². The maximum atomic E-state index is 10.3. The van der Waals surface area contributed by atoms with Crippen LogP contribution in [0.15, 0.2) is 0 Å². The first-order valence-electron chi connectivity index (χ1n) is 4.97. The molecule has 5 nitrogen and oxygen atoms in total. The molecule has 0 aliphatic heterocycles. The Hall–Kier alpha value is -0.530. The van der Waals surface area contributed by atoms with Gasteiger partial charge >= 0.3 is 6.16 Å². The van der Waals surface area contributed by atoms with Crippen molar-refractivity contribution in [3.8, 4) is 0 Å². The third kappa shape index (κ3) is 6.14. The number of carbonyl (C=O) groups is 1. The van der Waals surface area contributed by atoms with Crippen LogP contribution in [-0.2, 0) is 4.74 Å². The largest absolute Gasteiger partial charge is 0.506 e. The van der Waals surface area contributed by atoms with E-state index in [0.29, 0.717) is 10.1 Å². The molecular formula is C9H17NO4S2. The summed E-state index contributed by atoms with van der Waals surface area (Å²) in [5, 5.41) is 17.3. The third-order valence-corrected chi connectivity index (χ3v) is 3.54. The first-order chi connectivity index (χ1) is 7.54. The Kier molecular flexibility index (Phi) is 8.32. The van der Waals surface area contributed by atoms with Gasteiger partial charge in [0.1, 0.15) is 10.4 Å². The number of ether oxygens (including phenoxy) is 1. The smallest absolute Gasteiger partial charge is 0.450 e. The van der Waals surface area contributed by atoms with Crippen molar-refractivity contribution in [3.05, 3.63) is 0 Å². The van der Waals surface area contributed by atoms with E-state index in [9.17, 15) is 4.79 Å². The Morgan fingerprint density at radius 1 is 1.50 bits per heavy atom. The van der Waals surface area contributed by atoms with Crippen molar-refractivity contribution >= 4 is 34.5 Å². The maximum absolute atomic E-state index is 10.3. The van der Waals surface area contributed by atoms with E-state index in [2.05, 4.69) is 4.74 Å². The van der Waals surface area contributed by atoms with Crippen LogP contribution in [-0.4, -0.2) is 57.1 Å². The van der Waals surface area contributed by atoms with E-state index in [1.165, 1.54) is 11.8 Å². The molecule has 0 bridgehead atoms. The second kappa shape index (κ2) is 8.60. The SMILES string of the molecule is CCN(CC)C(=S)SCC(CO)OC(=O)O. The Morgan fingerprint density at radius 2 is 2.06 bits per heavy atom. The number of hydrogen-bond acceptors (Lipinski definition) is 5. The van der Waals surface area contributed by atoms with E-state index >= 15 is 0 Å². The molecule has 0 aromatic rings. The Balaban J connectivity index is 4.00. The maximum Gasteiger partial charge on any atom is 0.506 e. The molecule has 2 N–H and O–H groups in total. The van der Waals surface area contributed by atoms with Gasteiger partial charge in [0.15, 0.2) is 0 Å². The Bertz CT molecular complexity index is 234. The molecule has 0 saturated carbocycles. The monoisotopic (exact) mass is 267 g/mol. The summed E-state index contributed by atoms with van der Waals surface area (Å²) in [6, 6.07) is 0. The van der Waals surface area contributed by atoms with E-state index in [0.717, 1.165) is 13.1 Å². The molecule has 0 aliphatic carbocycles. The average molecular weight is 267 g/mol. The highest BCUT2D eigenvalue weighted by atomic mass is 32.2. The highest BCUT2D eigenvalue weighted by Gasteiger charge is 2.15. The predicted molar refractivity (Wildman–Crippen MR) is 68.0 cm³/mol. The van der Waals surface area contributed by atoms with E-state index in [4.69, 9.17) is 22.4 Å². The van der Waals surface area contributed by atoms with Gasteiger partial charge in [0.05, 0.1) is 6.61 Å². The zero-order chi connectivity index (χ0) is 12.6. The van der Waals surface area contributed by atoms with Crippen molar-refractivity contribution in [3.63, 3.8) is 0 Å². The van der Waals surface area contributed by atoms with E-state index in [-0.39, 0.29) is 6.61 Å². The number of hydrogen-bond donors (Lipinski definition) is 2. The topological polar surface area (TPSA) is 70.0 Å². The van der Waals surface area contributed by atoms with Crippen LogP contribution in [0.1, 0.15) is 13.8 Å². The van der Waals surface area contributed by atoms with Gasteiger partial charge in [-0.15, -0.1) is 0 Å². The average Bonchev–Trinajstić information content (AvgIpc) is 2.25. The molecule has 0 spiro atoms. The van der Waals surface area contributed by atoms with Crippen LogP contribution in [0, 0.1) is 0 Å². The molecule has 94 valence electrons. The van der Waals surface area contributed by atoms with Crippen molar-refractivity contribution in [1.82, 2.24) is 4.90 Å². The lowest BCUT2D eigenvalue weighted by Gasteiger charge is -2.22. The summed E-state index contributed by atoms with van der Waals surface area (Å²) in [6.45, 7) is 5.28. The van der Waals surface area contributed by atoms with E-state index in [1.807, 2.05) is 18.7 Å². The summed E-state index contributed by atoms with van der Waals surface area (Å²) < 4.78 is 5.16. The standard InChI is InChI=1S/C9H17NO4S2/c1-3-10(4-2)8(15)16-6-7(5-11)14-9(12)13/h7,11H,3-6H2,1-2H3,(H,12,13). The summed E-state index contributed by atoms with van der Waals surface area (Å²) in [5.74, 6) is 0.331. The lowest BCUT2D eigenvalue weighted by atomic mass is 10.4. The van der Waals surface area contributed by atoms with Gasteiger partial charge in [0, 0.05) is 18.8 Å². The number of aliphatic hydroxyl groups excluding tert-OH is 1. The fraction of sp³-hybridized carbons (Fsp3) is 0.778. The molecule has 1 atom stereocenters. The molecule has 0 aliphatic rings. The highest BCUT2D eigenvalue weighted by Crippen LogP contribution is 2.12. The van der Waals surface area contributed by atoms with E-state index < -0.39 is 12.3 Å². The van der Waals surface area contributed by atoms with Crippen LogP contribution in [0.4, 0.5) is 4.79 Å². The van der Waals surface area contributed by atoms with Crippen molar-refractivity contribution in [1.29, 1.82) is 0 Å². The lowest BCUT2D eigenvalue weighted by molar-refractivity contribution is 0.0349. The second-order valence-electron chi connectivity index (χ2n) is 2.94. The molecule has 0 heterocycles. The summed E-state index contributed by atoms with van der Waals surface area (Å²) in [7, 11) is 0. The zero-order valence-corrected chi connectivity index (χ0v) is 11.0. The molecule has 1 unspecified atom stereocenters. The number of thioether (sulfide) groups is 1. The first kappa shape index (κ1) is 15.5. The zero-order valence-electron chi connectivity index (χ0n) is 9.38. The second-order valence-corrected chi connectivity index (χ2v) is 4.59. The summed E-state index contributed by atoms with van der Waals surface area (Å²) in [6.07, 6.45) is -2.11. The van der Waals surface area contributed by atoms with Crippen molar-refractivity contribution in [2.24, 2.45) is 0 Å². The number of thiocarbonyl (C=S) groups is 1. The minimum absolute atomic E-state index is 0.331. The fourth-order valence-corrected chi connectivity index (χ4v) is 2.41. The van der Waals surface area contributed by atoms with Crippen LogP contribution >= 0.6 is 24.0 Å². The first-order valence-corrected chi connectivity index (χ1v) is 6.36. The normalized spacial score (nSPS) is 11.9. The summed E-state index contributed by atoms with van der Waals surface area (Å²) >= 11 is 6.48. The predicted octanol–water partition coefficient (Wildman–Crippen LogP) is 1.40. The number of carboxylic acid groups (broad SMARTS) is 1. The van der Waals surface area contributed by atoms with Gasteiger partial charge in [-0.05, 0) is 13.8 Å². The van der Waals surface area contributed by atoms with Gasteiger partial charge in [-0.3, -0.25) is 0 Å². The number of aliphatic hydroxyl groups is 1. The van der Waals surface area contributed by atoms with Gasteiger partial charge in [0.2, 0.25) is 0 Å². The van der Waals surface area contributed by atoms with Gasteiger partial charge < -0.3 is 19.8 Å².